The molecule has 0 unspecified atom stereocenters. The number of hydrogen-bond acceptors (Lipinski definition) is 2. The minimum absolute atomic E-state index is 0.121. The lowest BCUT2D eigenvalue weighted by atomic mass is 10.2. The summed E-state index contributed by atoms with van der Waals surface area (Å²) < 4.78 is 0. The van der Waals surface area contributed by atoms with E-state index in [9.17, 15) is 4.79 Å². The highest BCUT2D eigenvalue weighted by Crippen LogP contribution is 2.25. The van der Waals surface area contributed by atoms with Gasteiger partial charge in [0.25, 0.3) is 0 Å². The van der Waals surface area contributed by atoms with Gasteiger partial charge in [0.05, 0.1) is 10.7 Å². The quantitative estimate of drug-likeness (QED) is 0.828. The van der Waals surface area contributed by atoms with Crippen molar-refractivity contribution in [3.63, 3.8) is 0 Å². The van der Waals surface area contributed by atoms with Crippen LogP contribution in [-0.4, -0.2) is 12.5 Å². The van der Waals surface area contributed by atoms with E-state index in [1.807, 2.05) is 12.1 Å². The summed E-state index contributed by atoms with van der Waals surface area (Å²) in [5, 5.41) is 6.45. The zero-order valence-electron chi connectivity index (χ0n) is 8.93. The van der Waals surface area contributed by atoms with Crippen LogP contribution in [0.3, 0.4) is 0 Å². The highest BCUT2D eigenvalue weighted by molar-refractivity contribution is 6.33. The Balaban J connectivity index is 2.80. The van der Waals surface area contributed by atoms with E-state index in [-0.39, 0.29) is 5.91 Å². The lowest BCUT2D eigenvalue weighted by Crippen LogP contribution is -2.07. The van der Waals surface area contributed by atoms with E-state index in [1.165, 1.54) is 6.92 Å². The van der Waals surface area contributed by atoms with Crippen LogP contribution in [0.1, 0.15) is 20.3 Å². The number of hydrogen-bond donors (Lipinski definition) is 2. The Labute approximate surface area is 94.8 Å². The summed E-state index contributed by atoms with van der Waals surface area (Å²) in [7, 11) is 0. The fourth-order valence-electron chi connectivity index (χ4n) is 1.19. The Morgan fingerprint density at radius 1 is 1.47 bits per heavy atom. The topological polar surface area (TPSA) is 41.1 Å². The van der Waals surface area contributed by atoms with E-state index in [0.29, 0.717) is 10.7 Å². The first-order chi connectivity index (χ1) is 7.13. The molecule has 1 aromatic rings. The van der Waals surface area contributed by atoms with Crippen molar-refractivity contribution in [2.75, 3.05) is 17.2 Å². The predicted molar refractivity (Wildman–Crippen MR) is 64.5 cm³/mol. The molecule has 0 heterocycles. The molecule has 0 saturated heterocycles. The van der Waals surface area contributed by atoms with Gasteiger partial charge in [-0.3, -0.25) is 4.79 Å². The molecule has 4 heteroatoms. The lowest BCUT2D eigenvalue weighted by Gasteiger charge is -2.09. The van der Waals surface area contributed by atoms with Crippen molar-refractivity contribution < 1.29 is 4.79 Å². The fraction of sp³-hybridized carbons (Fsp3) is 0.364. The van der Waals surface area contributed by atoms with Crippen molar-refractivity contribution >= 4 is 28.9 Å². The molecule has 0 fully saturated rings. The first-order valence-corrected chi connectivity index (χ1v) is 5.32. The van der Waals surface area contributed by atoms with E-state index in [0.717, 1.165) is 18.7 Å². The van der Waals surface area contributed by atoms with Gasteiger partial charge in [-0.05, 0) is 24.6 Å². The van der Waals surface area contributed by atoms with E-state index < -0.39 is 0 Å². The Morgan fingerprint density at radius 3 is 2.80 bits per heavy atom. The molecule has 0 aliphatic rings. The molecule has 0 saturated carbocycles. The normalized spacial score (nSPS) is 9.80. The largest absolute Gasteiger partial charge is 0.385 e. The minimum atomic E-state index is -0.121. The zero-order chi connectivity index (χ0) is 11.3. The Morgan fingerprint density at radius 2 is 2.20 bits per heavy atom. The molecular formula is C11H15ClN2O. The summed E-state index contributed by atoms with van der Waals surface area (Å²) in [6.07, 6.45) is 1.05. The van der Waals surface area contributed by atoms with Crippen LogP contribution in [0, 0.1) is 0 Å². The molecule has 3 nitrogen and oxygen atoms in total. The maximum absolute atomic E-state index is 10.9. The molecule has 82 valence electrons. The summed E-state index contributed by atoms with van der Waals surface area (Å²) in [6, 6.07) is 5.49. The predicted octanol–water partition coefficient (Wildman–Crippen LogP) is 3.12. The van der Waals surface area contributed by atoms with Gasteiger partial charge in [0.2, 0.25) is 5.91 Å². The Kier molecular flexibility index (Phi) is 4.43. The standard InChI is InChI=1S/C11H15ClN2O/c1-3-6-13-9-4-5-10(12)11(7-9)14-8(2)15/h4-5,7,13H,3,6H2,1-2H3,(H,14,15). The molecule has 15 heavy (non-hydrogen) atoms. The second-order valence-electron chi connectivity index (χ2n) is 3.30. The molecule has 0 aliphatic heterocycles. The Bertz CT molecular complexity index is 352. The summed E-state index contributed by atoms with van der Waals surface area (Å²) in [5.74, 6) is -0.121. The summed E-state index contributed by atoms with van der Waals surface area (Å²) in [4.78, 5) is 10.9. The average Bonchev–Trinajstić information content (AvgIpc) is 2.18. The van der Waals surface area contributed by atoms with Crippen LogP contribution >= 0.6 is 11.6 Å². The van der Waals surface area contributed by atoms with E-state index in [4.69, 9.17) is 11.6 Å². The van der Waals surface area contributed by atoms with Crippen molar-refractivity contribution in [3.8, 4) is 0 Å². The molecule has 0 aliphatic carbocycles. The van der Waals surface area contributed by atoms with Crippen LogP contribution in [0.15, 0.2) is 18.2 Å². The van der Waals surface area contributed by atoms with Gasteiger partial charge in [0.15, 0.2) is 0 Å². The number of carbonyl (C=O) groups is 1. The monoisotopic (exact) mass is 226 g/mol. The maximum atomic E-state index is 10.9. The highest BCUT2D eigenvalue weighted by atomic mass is 35.5. The van der Waals surface area contributed by atoms with Crippen molar-refractivity contribution in [2.24, 2.45) is 0 Å². The second kappa shape index (κ2) is 5.61. The van der Waals surface area contributed by atoms with Crippen molar-refractivity contribution in [1.29, 1.82) is 0 Å². The van der Waals surface area contributed by atoms with Crippen molar-refractivity contribution in [3.05, 3.63) is 23.2 Å². The number of benzene rings is 1. The fourth-order valence-corrected chi connectivity index (χ4v) is 1.35. The van der Waals surface area contributed by atoms with Gasteiger partial charge >= 0.3 is 0 Å². The Hall–Kier alpha value is -1.22. The van der Waals surface area contributed by atoms with Crippen LogP contribution in [0.5, 0.6) is 0 Å². The minimum Gasteiger partial charge on any atom is -0.385 e. The molecule has 1 aromatic carbocycles. The van der Waals surface area contributed by atoms with Gasteiger partial charge in [-0.25, -0.2) is 0 Å². The van der Waals surface area contributed by atoms with Crippen LogP contribution < -0.4 is 10.6 Å². The zero-order valence-corrected chi connectivity index (χ0v) is 9.69. The molecule has 1 rings (SSSR count). The third-order valence-corrected chi connectivity index (χ3v) is 2.19. The van der Waals surface area contributed by atoms with Crippen LogP contribution in [-0.2, 0) is 4.79 Å². The van der Waals surface area contributed by atoms with Gasteiger partial charge < -0.3 is 10.6 Å². The van der Waals surface area contributed by atoms with Crippen LogP contribution in [0.25, 0.3) is 0 Å². The molecule has 0 bridgehead atoms. The SMILES string of the molecule is CCCNc1ccc(Cl)c(NC(C)=O)c1. The first kappa shape index (κ1) is 11.9. The molecule has 2 N–H and O–H groups in total. The average molecular weight is 227 g/mol. The second-order valence-corrected chi connectivity index (χ2v) is 3.71. The number of anilines is 2. The van der Waals surface area contributed by atoms with Crippen molar-refractivity contribution in [1.82, 2.24) is 0 Å². The van der Waals surface area contributed by atoms with Gasteiger partial charge in [0, 0.05) is 19.2 Å². The smallest absolute Gasteiger partial charge is 0.221 e. The molecular weight excluding hydrogens is 212 g/mol. The molecule has 1 amide bonds. The third-order valence-electron chi connectivity index (χ3n) is 1.86. The number of carbonyl (C=O) groups excluding carboxylic acids is 1. The molecule has 0 aromatic heterocycles. The number of nitrogens with one attached hydrogen (secondary N) is 2. The van der Waals surface area contributed by atoms with Gasteiger partial charge in [-0.1, -0.05) is 18.5 Å². The molecule has 0 atom stereocenters. The van der Waals surface area contributed by atoms with E-state index >= 15 is 0 Å². The molecule has 0 radical (unpaired) electrons. The summed E-state index contributed by atoms with van der Waals surface area (Å²) in [5.41, 5.74) is 1.61. The number of amides is 1. The summed E-state index contributed by atoms with van der Waals surface area (Å²) >= 11 is 5.93. The number of rotatable bonds is 4. The van der Waals surface area contributed by atoms with E-state index in [2.05, 4.69) is 17.6 Å². The van der Waals surface area contributed by atoms with E-state index in [1.54, 1.807) is 6.07 Å². The van der Waals surface area contributed by atoms with Crippen LogP contribution in [0.4, 0.5) is 11.4 Å². The van der Waals surface area contributed by atoms with Crippen LogP contribution in [0.2, 0.25) is 5.02 Å². The number of halogens is 1. The highest BCUT2D eigenvalue weighted by Gasteiger charge is 2.02. The first-order valence-electron chi connectivity index (χ1n) is 4.94. The maximum Gasteiger partial charge on any atom is 0.221 e. The third kappa shape index (κ3) is 3.80. The summed E-state index contributed by atoms with van der Waals surface area (Å²) in [6.45, 7) is 4.46. The van der Waals surface area contributed by atoms with Gasteiger partial charge in [-0.15, -0.1) is 0 Å². The molecule has 0 spiro atoms. The lowest BCUT2D eigenvalue weighted by molar-refractivity contribution is -0.114. The van der Waals surface area contributed by atoms with Gasteiger partial charge in [0.1, 0.15) is 0 Å². The van der Waals surface area contributed by atoms with Crippen molar-refractivity contribution in [2.45, 2.75) is 20.3 Å². The van der Waals surface area contributed by atoms with Gasteiger partial charge in [-0.2, -0.15) is 0 Å².